The highest BCUT2D eigenvalue weighted by Gasteiger charge is 2.14. The van der Waals surface area contributed by atoms with Gasteiger partial charge >= 0.3 is 6.03 Å². The van der Waals surface area contributed by atoms with Crippen LogP contribution in [-0.2, 0) is 0 Å². The number of nitro groups is 1. The molecule has 1 rings (SSSR count). The maximum atomic E-state index is 11.6. The molecule has 0 bridgehead atoms. The number of nitrogens with one attached hydrogen (secondary N) is 2. The Labute approximate surface area is 117 Å². The quantitative estimate of drug-likeness (QED) is 0.549. The summed E-state index contributed by atoms with van der Waals surface area (Å²) in [5, 5.41) is 25.3. The van der Waals surface area contributed by atoms with Gasteiger partial charge in [-0.1, -0.05) is 13.0 Å². The van der Waals surface area contributed by atoms with E-state index < -0.39 is 17.1 Å². The van der Waals surface area contributed by atoms with Gasteiger partial charge in [-0.3, -0.25) is 10.1 Å². The number of amides is 2. The average Bonchev–Trinajstić information content (AvgIpc) is 2.40. The molecule has 2 amide bonds. The van der Waals surface area contributed by atoms with E-state index in [2.05, 4.69) is 10.6 Å². The lowest BCUT2D eigenvalue weighted by atomic mass is 10.1. The van der Waals surface area contributed by atoms with Crippen LogP contribution in [0, 0.1) is 17.0 Å². The van der Waals surface area contributed by atoms with Gasteiger partial charge in [0.15, 0.2) is 0 Å². The van der Waals surface area contributed by atoms with Crippen LogP contribution in [-0.4, -0.2) is 28.7 Å². The second-order valence-corrected chi connectivity index (χ2v) is 4.44. The number of nitrogens with zero attached hydrogens (tertiary/aromatic N) is 1. The van der Waals surface area contributed by atoms with Crippen LogP contribution in [0.5, 0.6) is 0 Å². The maximum absolute atomic E-state index is 11.6. The van der Waals surface area contributed by atoms with Crippen molar-refractivity contribution < 1.29 is 14.8 Å². The molecule has 0 aliphatic rings. The van der Waals surface area contributed by atoms with Crippen LogP contribution in [0.2, 0.25) is 0 Å². The van der Waals surface area contributed by atoms with Crippen molar-refractivity contribution in [2.45, 2.75) is 32.8 Å². The van der Waals surface area contributed by atoms with Gasteiger partial charge in [0, 0.05) is 12.6 Å². The van der Waals surface area contributed by atoms with Gasteiger partial charge in [0.2, 0.25) is 0 Å². The zero-order valence-electron chi connectivity index (χ0n) is 11.5. The Hall–Kier alpha value is -2.15. The van der Waals surface area contributed by atoms with E-state index in [-0.39, 0.29) is 5.69 Å². The highest BCUT2D eigenvalue weighted by atomic mass is 16.6. The van der Waals surface area contributed by atoms with Crippen LogP contribution in [0.3, 0.4) is 0 Å². The lowest BCUT2D eigenvalue weighted by molar-refractivity contribution is -0.385. The van der Waals surface area contributed by atoms with E-state index in [4.69, 9.17) is 0 Å². The Morgan fingerprint density at radius 1 is 1.50 bits per heavy atom. The second-order valence-electron chi connectivity index (χ2n) is 4.44. The van der Waals surface area contributed by atoms with E-state index in [0.717, 1.165) is 0 Å². The van der Waals surface area contributed by atoms with Crippen molar-refractivity contribution in [3.05, 3.63) is 33.9 Å². The molecule has 110 valence electrons. The number of aliphatic hydroxyl groups excluding tert-OH is 1. The molecule has 20 heavy (non-hydrogen) atoms. The van der Waals surface area contributed by atoms with Crippen molar-refractivity contribution in [1.29, 1.82) is 0 Å². The molecule has 3 N–H and O–H groups in total. The summed E-state index contributed by atoms with van der Waals surface area (Å²) in [6, 6.07) is 4.05. The zero-order chi connectivity index (χ0) is 15.1. The molecule has 0 aromatic heterocycles. The van der Waals surface area contributed by atoms with Crippen molar-refractivity contribution in [3.8, 4) is 0 Å². The summed E-state index contributed by atoms with van der Waals surface area (Å²) < 4.78 is 0. The Balaban J connectivity index is 2.58. The van der Waals surface area contributed by atoms with Crippen molar-refractivity contribution in [1.82, 2.24) is 5.32 Å². The van der Waals surface area contributed by atoms with Crippen LogP contribution in [0.1, 0.15) is 25.3 Å². The smallest absolute Gasteiger partial charge is 0.319 e. The molecule has 0 heterocycles. The van der Waals surface area contributed by atoms with Crippen molar-refractivity contribution in [3.63, 3.8) is 0 Å². The third-order valence-corrected chi connectivity index (χ3v) is 2.98. The molecule has 0 aliphatic heterocycles. The van der Waals surface area contributed by atoms with Gasteiger partial charge < -0.3 is 15.7 Å². The first-order chi connectivity index (χ1) is 9.45. The summed E-state index contributed by atoms with van der Waals surface area (Å²) in [4.78, 5) is 21.9. The number of carbonyl (C=O) groups is 1. The highest BCUT2D eigenvalue weighted by Crippen LogP contribution is 2.24. The zero-order valence-corrected chi connectivity index (χ0v) is 11.5. The van der Waals surface area contributed by atoms with Gasteiger partial charge in [0.25, 0.3) is 5.69 Å². The molecule has 0 aliphatic carbocycles. The number of nitro benzene ring substituents is 1. The topological polar surface area (TPSA) is 104 Å². The van der Waals surface area contributed by atoms with Crippen LogP contribution in [0.15, 0.2) is 18.2 Å². The van der Waals surface area contributed by atoms with E-state index in [1.807, 2.05) is 6.92 Å². The fraction of sp³-hybridized carbons (Fsp3) is 0.462. The SMILES string of the molecule is CCC(O)CCNC(=O)Nc1cccc([N+](=O)[O-])c1C. The summed E-state index contributed by atoms with van der Waals surface area (Å²) >= 11 is 0. The molecule has 1 unspecified atom stereocenters. The standard InChI is InChI=1S/C13H19N3O4/c1-3-10(17)7-8-14-13(18)15-11-5-4-6-12(9(11)2)16(19)20/h4-6,10,17H,3,7-8H2,1-2H3,(H2,14,15,18). The van der Waals surface area contributed by atoms with Gasteiger partial charge in [-0.15, -0.1) is 0 Å². The highest BCUT2D eigenvalue weighted by molar-refractivity contribution is 5.90. The normalized spacial score (nSPS) is 11.8. The van der Waals surface area contributed by atoms with E-state index in [0.29, 0.717) is 30.6 Å². The minimum atomic E-state index is -0.490. The summed E-state index contributed by atoms with van der Waals surface area (Å²) in [5.41, 5.74) is 0.762. The predicted octanol–water partition coefficient (Wildman–Crippen LogP) is 2.19. The number of anilines is 1. The largest absolute Gasteiger partial charge is 0.393 e. The molecule has 0 fully saturated rings. The molecule has 0 spiro atoms. The van der Waals surface area contributed by atoms with Crippen LogP contribution in [0.25, 0.3) is 0 Å². The first-order valence-corrected chi connectivity index (χ1v) is 6.42. The predicted molar refractivity (Wildman–Crippen MR) is 75.8 cm³/mol. The second kappa shape index (κ2) is 7.44. The summed E-state index contributed by atoms with van der Waals surface area (Å²) in [6.45, 7) is 3.78. The molecule has 7 nitrogen and oxygen atoms in total. The molecule has 0 radical (unpaired) electrons. The minimum Gasteiger partial charge on any atom is -0.393 e. The van der Waals surface area contributed by atoms with Gasteiger partial charge in [-0.05, 0) is 25.8 Å². The van der Waals surface area contributed by atoms with Crippen molar-refractivity contribution in [2.75, 3.05) is 11.9 Å². The van der Waals surface area contributed by atoms with Crippen LogP contribution >= 0.6 is 0 Å². The molecule has 1 atom stereocenters. The van der Waals surface area contributed by atoms with Crippen LogP contribution < -0.4 is 10.6 Å². The molecular formula is C13H19N3O4. The molecule has 0 saturated carbocycles. The van der Waals surface area contributed by atoms with Gasteiger partial charge in [-0.25, -0.2) is 4.79 Å². The first-order valence-electron chi connectivity index (χ1n) is 6.42. The fourth-order valence-electron chi connectivity index (χ4n) is 1.68. The minimum absolute atomic E-state index is 0.0378. The van der Waals surface area contributed by atoms with E-state index in [9.17, 15) is 20.0 Å². The first kappa shape index (κ1) is 15.9. The fourth-order valence-corrected chi connectivity index (χ4v) is 1.68. The monoisotopic (exact) mass is 281 g/mol. The number of hydrogen-bond donors (Lipinski definition) is 3. The van der Waals surface area contributed by atoms with E-state index in [1.165, 1.54) is 12.1 Å². The third kappa shape index (κ3) is 4.51. The number of benzene rings is 1. The maximum Gasteiger partial charge on any atom is 0.319 e. The molecule has 1 aromatic rings. The third-order valence-electron chi connectivity index (χ3n) is 2.98. The lowest BCUT2D eigenvalue weighted by Gasteiger charge is -2.11. The molecule has 0 saturated heterocycles. The summed E-state index contributed by atoms with van der Waals surface area (Å²) in [6.07, 6.45) is 0.667. The molecule has 7 heteroatoms. The van der Waals surface area contributed by atoms with Crippen LogP contribution in [0.4, 0.5) is 16.2 Å². The number of rotatable bonds is 6. The number of hydrogen-bond acceptors (Lipinski definition) is 4. The number of carbonyl (C=O) groups excluding carboxylic acids is 1. The van der Waals surface area contributed by atoms with Gasteiger partial charge in [0.05, 0.1) is 22.3 Å². The Bertz CT molecular complexity index is 491. The van der Waals surface area contributed by atoms with Crippen molar-refractivity contribution >= 4 is 17.4 Å². The number of aliphatic hydroxyl groups is 1. The summed E-state index contributed by atoms with van der Waals surface area (Å²) in [5.74, 6) is 0. The Kier molecular flexibility index (Phi) is 5.92. The van der Waals surface area contributed by atoms with Gasteiger partial charge in [0.1, 0.15) is 0 Å². The lowest BCUT2D eigenvalue weighted by Crippen LogP contribution is -2.31. The number of urea groups is 1. The van der Waals surface area contributed by atoms with Gasteiger partial charge in [-0.2, -0.15) is 0 Å². The summed E-state index contributed by atoms with van der Waals surface area (Å²) in [7, 11) is 0. The van der Waals surface area contributed by atoms with Crippen molar-refractivity contribution in [2.24, 2.45) is 0 Å². The van der Waals surface area contributed by atoms with E-state index in [1.54, 1.807) is 13.0 Å². The van der Waals surface area contributed by atoms with E-state index >= 15 is 0 Å². The Morgan fingerprint density at radius 3 is 2.80 bits per heavy atom. The molecule has 1 aromatic carbocycles. The average molecular weight is 281 g/mol. The molecular weight excluding hydrogens is 262 g/mol. The Morgan fingerprint density at radius 2 is 2.20 bits per heavy atom.